The van der Waals surface area contributed by atoms with Gasteiger partial charge in [0.05, 0.1) is 5.30 Å². The summed E-state index contributed by atoms with van der Waals surface area (Å²) in [7, 11) is -1.86. The van der Waals surface area contributed by atoms with Crippen LogP contribution in [0, 0.1) is 64.8 Å². The zero-order chi connectivity index (χ0) is 21.6. The van der Waals surface area contributed by atoms with Gasteiger partial charge in [-0.25, -0.2) is 17.6 Å². The summed E-state index contributed by atoms with van der Waals surface area (Å²) in [4.78, 5) is 0. The first-order chi connectivity index (χ1) is 13.5. The first-order valence-electron chi connectivity index (χ1n) is 9.31. The molecule has 0 unspecified atom stereocenters. The number of halogens is 4. The van der Waals surface area contributed by atoms with Crippen LogP contribution in [0.1, 0.15) is 33.4 Å². The molecule has 5 heteroatoms. The van der Waals surface area contributed by atoms with E-state index in [2.05, 4.69) is 0 Å². The lowest BCUT2D eigenvalue weighted by atomic mass is 10.1. The molecule has 152 valence electrons. The summed E-state index contributed by atoms with van der Waals surface area (Å²) in [5, 5.41) is 0.925. The van der Waals surface area contributed by atoms with E-state index in [1.807, 2.05) is 65.8 Å². The van der Waals surface area contributed by atoms with E-state index >= 15 is 0 Å². The van der Waals surface area contributed by atoms with E-state index in [1.165, 1.54) is 0 Å². The van der Waals surface area contributed by atoms with Gasteiger partial charge in [0.25, 0.3) is 0 Å². The van der Waals surface area contributed by atoms with Crippen LogP contribution in [-0.4, -0.2) is 0 Å². The molecule has 0 heterocycles. The molecule has 0 N–H and O–H groups in total. The summed E-state index contributed by atoms with van der Waals surface area (Å²) < 4.78 is 58.3. The summed E-state index contributed by atoms with van der Waals surface area (Å²) in [6.07, 6.45) is 0. The van der Waals surface area contributed by atoms with Crippen molar-refractivity contribution in [2.75, 3.05) is 0 Å². The highest BCUT2D eigenvalue weighted by Crippen LogP contribution is 2.40. The van der Waals surface area contributed by atoms with Gasteiger partial charge in [0.1, 0.15) is 0 Å². The van der Waals surface area contributed by atoms with Crippen molar-refractivity contribution in [1.82, 2.24) is 0 Å². The average Bonchev–Trinajstić information content (AvgIpc) is 2.58. The Hall–Kier alpha value is -2.19. The van der Waals surface area contributed by atoms with E-state index in [9.17, 15) is 17.6 Å². The van der Waals surface area contributed by atoms with Crippen LogP contribution in [0.15, 0.2) is 30.3 Å². The first-order valence-corrected chi connectivity index (χ1v) is 10.7. The maximum atomic E-state index is 15.0. The third-order valence-corrected chi connectivity index (χ3v) is 8.18. The van der Waals surface area contributed by atoms with Gasteiger partial charge in [-0.3, -0.25) is 0 Å². The fraction of sp³-hybridized carbons (Fsp3) is 0.250. The summed E-state index contributed by atoms with van der Waals surface area (Å²) in [6.45, 7) is 11.4. The molecular weight excluding hydrogens is 395 g/mol. The number of benzene rings is 3. The maximum Gasteiger partial charge on any atom is 0.170 e. The molecule has 0 amide bonds. The number of rotatable bonds is 3. The third-order valence-electron chi connectivity index (χ3n) is 5.03. The molecule has 0 aliphatic carbocycles. The molecule has 0 atom stereocenters. The zero-order valence-corrected chi connectivity index (χ0v) is 18.2. The summed E-state index contributed by atoms with van der Waals surface area (Å²) in [6, 6.07) is 8.00. The van der Waals surface area contributed by atoms with Crippen molar-refractivity contribution in [2.45, 2.75) is 41.5 Å². The van der Waals surface area contributed by atoms with Crippen molar-refractivity contribution >= 4 is 23.8 Å². The minimum Gasteiger partial charge on any atom is -0.204 e. The van der Waals surface area contributed by atoms with Crippen LogP contribution in [0.3, 0.4) is 0 Å². The highest BCUT2D eigenvalue weighted by Gasteiger charge is 2.32. The molecule has 3 aromatic rings. The van der Waals surface area contributed by atoms with Gasteiger partial charge < -0.3 is 0 Å². The molecule has 0 nitrogen and oxygen atoms in total. The maximum absolute atomic E-state index is 15.0. The molecule has 0 fully saturated rings. The normalized spacial score (nSPS) is 11.4. The molecule has 29 heavy (non-hydrogen) atoms. The molecule has 0 radical (unpaired) electrons. The molecule has 0 saturated heterocycles. The quantitative estimate of drug-likeness (QED) is 0.284. The van der Waals surface area contributed by atoms with Crippen molar-refractivity contribution in [3.8, 4) is 0 Å². The molecule has 3 rings (SSSR count). The van der Waals surface area contributed by atoms with Gasteiger partial charge in [-0.2, -0.15) is 0 Å². The molecule has 0 bridgehead atoms. The van der Waals surface area contributed by atoms with Gasteiger partial charge in [0, 0.05) is 6.07 Å². The van der Waals surface area contributed by atoms with Crippen LogP contribution in [0.5, 0.6) is 0 Å². The minimum atomic E-state index is -1.86. The van der Waals surface area contributed by atoms with E-state index in [-0.39, 0.29) is 6.07 Å². The van der Waals surface area contributed by atoms with Crippen LogP contribution < -0.4 is 15.9 Å². The Balaban J connectivity index is 2.50. The van der Waals surface area contributed by atoms with Crippen LogP contribution in [0.2, 0.25) is 0 Å². The Kier molecular flexibility index (Phi) is 5.87. The van der Waals surface area contributed by atoms with E-state index in [0.29, 0.717) is 0 Å². The highest BCUT2D eigenvalue weighted by atomic mass is 31.1. The molecule has 0 aromatic heterocycles. The van der Waals surface area contributed by atoms with Crippen LogP contribution in [0.25, 0.3) is 0 Å². The van der Waals surface area contributed by atoms with Crippen LogP contribution >= 0.6 is 7.92 Å². The summed E-state index contributed by atoms with van der Waals surface area (Å²) >= 11 is 0. The summed E-state index contributed by atoms with van der Waals surface area (Å²) in [5.74, 6) is -5.41. The SMILES string of the molecule is Cc1cc(C)c(P(c2c(C)cc(C)cc2C)c2c(F)c(F)cc(F)c2F)c(C)c1. The van der Waals surface area contributed by atoms with Crippen molar-refractivity contribution < 1.29 is 17.6 Å². The van der Waals surface area contributed by atoms with Gasteiger partial charge in [0.15, 0.2) is 23.3 Å². The van der Waals surface area contributed by atoms with E-state index in [0.717, 1.165) is 44.0 Å². The fourth-order valence-electron chi connectivity index (χ4n) is 4.14. The molecule has 3 aromatic carbocycles. The Morgan fingerprint density at radius 3 is 1.10 bits per heavy atom. The summed E-state index contributed by atoms with van der Waals surface area (Å²) in [5.41, 5.74) is 5.41. The van der Waals surface area contributed by atoms with Gasteiger partial charge in [-0.05, 0) is 82.3 Å². The Morgan fingerprint density at radius 1 is 0.483 bits per heavy atom. The monoisotopic (exact) mass is 418 g/mol. The van der Waals surface area contributed by atoms with Crippen molar-refractivity contribution in [3.05, 3.63) is 87.0 Å². The fourth-order valence-corrected chi connectivity index (χ4v) is 7.09. The Morgan fingerprint density at radius 2 is 0.793 bits per heavy atom. The topological polar surface area (TPSA) is 0 Å². The van der Waals surface area contributed by atoms with Crippen LogP contribution in [0.4, 0.5) is 17.6 Å². The number of hydrogen-bond acceptors (Lipinski definition) is 0. The third kappa shape index (κ3) is 3.83. The smallest absolute Gasteiger partial charge is 0.170 e. The van der Waals surface area contributed by atoms with E-state index in [1.54, 1.807) is 0 Å². The molecule has 0 saturated carbocycles. The van der Waals surface area contributed by atoms with Crippen LogP contribution in [-0.2, 0) is 0 Å². The Bertz CT molecular complexity index is 989. The minimum absolute atomic E-state index is 0.269. The van der Waals surface area contributed by atoms with Gasteiger partial charge >= 0.3 is 0 Å². The van der Waals surface area contributed by atoms with Crippen molar-refractivity contribution in [3.63, 3.8) is 0 Å². The lowest BCUT2D eigenvalue weighted by Gasteiger charge is -2.28. The molecule has 0 aliphatic rings. The van der Waals surface area contributed by atoms with Crippen molar-refractivity contribution in [2.24, 2.45) is 0 Å². The second kappa shape index (κ2) is 7.91. The second-order valence-corrected chi connectivity index (χ2v) is 9.66. The average molecular weight is 418 g/mol. The second-order valence-electron chi connectivity index (χ2n) is 7.65. The molecular formula is C24H23F4P. The van der Waals surface area contributed by atoms with E-state index < -0.39 is 36.5 Å². The van der Waals surface area contributed by atoms with Gasteiger partial charge in [-0.15, -0.1) is 0 Å². The predicted octanol–water partition coefficient (Wildman–Crippen LogP) is 5.85. The predicted molar refractivity (Wildman–Crippen MR) is 113 cm³/mol. The first kappa shape index (κ1) is 21.5. The lowest BCUT2D eigenvalue weighted by Crippen LogP contribution is -2.32. The number of aryl methyl sites for hydroxylation is 6. The largest absolute Gasteiger partial charge is 0.204 e. The van der Waals surface area contributed by atoms with Crippen molar-refractivity contribution in [1.29, 1.82) is 0 Å². The van der Waals surface area contributed by atoms with Gasteiger partial charge in [-0.1, -0.05) is 35.4 Å². The van der Waals surface area contributed by atoms with Gasteiger partial charge in [0.2, 0.25) is 0 Å². The zero-order valence-electron chi connectivity index (χ0n) is 17.3. The van der Waals surface area contributed by atoms with E-state index in [4.69, 9.17) is 0 Å². The lowest BCUT2D eigenvalue weighted by molar-refractivity contribution is 0.463. The number of hydrogen-bond donors (Lipinski definition) is 0. The molecule has 0 spiro atoms. The highest BCUT2D eigenvalue weighted by molar-refractivity contribution is 7.80. The standard InChI is InChI=1S/C24H23F4P/c1-12-7-14(3)22(15(4)8-12)29(23-16(5)9-13(2)10-17(23)6)24-20(27)18(25)11-19(26)21(24)28/h7-11H,1-6H3. The Labute approximate surface area is 170 Å². The molecule has 0 aliphatic heterocycles.